The minimum atomic E-state index is -1.21. The van der Waals surface area contributed by atoms with E-state index >= 15 is 0 Å². The molecule has 0 bridgehead atoms. The van der Waals surface area contributed by atoms with Crippen LogP contribution in [0.25, 0.3) is 21.5 Å². The molecule has 1 atom stereocenters. The average Bonchev–Trinajstić information content (AvgIpc) is 2.78. The number of hydrogen-bond acceptors (Lipinski definition) is 4. The zero-order chi connectivity index (χ0) is 22.0. The molecule has 7 heteroatoms. The van der Waals surface area contributed by atoms with Crippen LogP contribution in [0.2, 0.25) is 0 Å². The van der Waals surface area contributed by atoms with Crippen LogP contribution in [0.15, 0.2) is 78.9 Å². The molecule has 4 aromatic carbocycles. The van der Waals surface area contributed by atoms with Crippen molar-refractivity contribution in [2.24, 2.45) is 0 Å². The molecule has 0 unspecified atom stereocenters. The molecule has 0 fully saturated rings. The third-order valence-corrected chi connectivity index (χ3v) is 5.21. The van der Waals surface area contributed by atoms with E-state index in [1.807, 2.05) is 54.6 Å². The number of carboxylic acids is 1. The van der Waals surface area contributed by atoms with E-state index in [9.17, 15) is 24.8 Å². The fourth-order valence-electron chi connectivity index (χ4n) is 3.73. The van der Waals surface area contributed by atoms with Crippen LogP contribution in [0.5, 0.6) is 0 Å². The number of fused-ring (bicyclic) bond motifs is 2. The van der Waals surface area contributed by atoms with E-state index in [0.717, 1.165) is 33.2 Å². The molecule has 0 heterocycles. The summed E-state index contributed by atoms with van der Waals surface area (Å²) < 4.78 is 0. The summed E-state index contributed by atoms with van der Waals surface area (Å²) in [4.78, 5) is 35.0. The summed E-state index contributed by atoms with van der Waals surface area (Å²) in [7, 11) is 0. The summed E-state index contributed by atoms with van der Waals surface area (Å²) in [5.41, 5.74) is 0.614. The molecule has 4 rings (SSSR count). The van der Waals surface area contributed by atoms with E-state index in [2.05, 4.69) is 5.32 Å². The van der Waals surface area contributed by atoms with Gasteiger partial charge in [0.15, 0.2) is 0 Å². The molecule has 0 saturated heterocycles. The van der Waals surface area contributed by atoms with Gasteiger partial charge in [-0.25, -0.2) is 4.79 Å². The van der Waals surface area contributed by atoms with Crippen molar-refractivity contribution in [2.45, 2.75) is 12.5 Å². The van der Waals surface area contributed by atoms with Gasteiger partial charge in [-0.1, -0.05) is 54.6 Å². The molecule has 0 saturated carbocycles. The van der Waals surface area contributed by atoms with Gasteiger partial charge < -0.3 is 10.4 Å². The second-order valence-electron chi connectivity index (χ2n) is 7.17. The molecular weight excluding hydrogens is 396 g/mol. The molecule has 0 aliphatic rings. The molecule has 1 amide bonds. The number of amides is 1. The monoisotopic (exact) mass is 414 g/mol. The Morgan fingerprint density at radius 3 is 2.10 bits per heavy atom. The van der Waals surface area contributed by atoms with E-state index in [1.165, 1.54) is 18.2 Å². The van der Waals surface area contributed by atoms with Gasteiger partial charge in [0.1, 0.15) is 6.04 Å². The first-order chi connectivity index (χ1) is 14.9. The van der Waals surface area contributed by atoms with Crippen molar-refractivity contribution in [1.82, 2.24) is 5.32 Å². The van der Waals surface area contributed by atoms with Gasteiger partial charge >= 0.3 is 5.97 Å². The fraction of sp³-hybridized carbons (Fsp3) is 0.0833. The number of carboxylic acid groups (broad SMARTS) is 1. The lowest BCUT2D eigenvalue weighted by Crippen LogP contribution is -2.42. The summed E-state index contributed by atoms with van der Waals surface area (Å²) in [5, 5.41) is 27.1. The third kappa shape index (κ3) is 4.06. The molecule has 0 aliphatic carbocycles. The number of carbonyl (C=O) groups excluding carboxylic acids is 1. The van der Waals surface area contributed by atoms with Crippen molar-refractivity contribution in [3.8, 4) is 0 Å². The van der Waals surface area contributed by atoms with Gasteiger partial charge in [0, 0.05) is 24.1 Å². The first kappa shape index (κ1) is 20.0. The Morgan fingerprint density at radius 1 is 0.903 bits per heavy atom. The zero-order valence-electron chi connectivity index (χ0n) is 16.3. The highest BCUT2D eigenvalue weighted by molar-refractivity contribution is 6.03. The second-order valence-corrected chi connectivity index (χ2v) is 7.17. The maximum atomic E-state index is 12.7. The number of nitro benzene ring substituents is 1. The smallest absolute Gasteiger partial charge is 0.326 e. The minimum absolute atomic E-state index is 0.0308. The lowest BCUT2D eigenvalue weighted by molar-refractivity contribution is -0.384. The Balaban J connectivity index is 1.71. The first-order valence-corrected chi connectivity index (χ1v) is 9.61. The second kappa shape index (κ2) is 8.23. The Morgan fingerprint density at radius 2 is 1.52 bits per heavy atom. The van der Waals surface area contributed by atoms with Crippen LogP contribution in [0.1, 0.15) is 15.9 Å². The lowest BCUT2D eigenvalue weighted by atomic mass is 9.92. The largest absolute Gasteiger partial charge is 0.480 e. The van der Waals surface area contributed by atoms with Gasteiger partial charge in [-0.3, -0.25) is 14.9 Å². The van der Waals surface area contributed by atoms with E-state index < -0.39 is 22.8 Å². The van der Waals surface area contributed by atoms with Crippen LogP contribution in [-0.2, 0) is 11.2 Å². The number of non-ortho nitro benzene ring substituents is 1. The molecular formula is C24H18N2O5. The van der Waals surface area contributed by atoms with Crippen molar-refractivity contribution >= 4 is 39.1 Å². The molecule has 0 aromatic heterocycles. The normalized spacial score (nSPS) is 11.9. The van der Waals surface area contributed by atoms with Crippen LogP contribution >= 0.6 is 0 Å². The van der Waals surface area contributed by atoms with E-state index in [1.54, 1.807) is 0 Å². The molecule has 2 N–H and O–H groups in total. The SMILES string of the molecule is O=C(N[C@@H](Cc1c2ccccc2cc2ccccc12)C(=O)O)c1cccc([N+](=O)[O-])c1. The van der Waals surface area contributed by atoms with Gasteiger partial charge in [-0.15, -0.1) is 0 Å². The highest BCUT2D eigenvalue weighted by Crippen LogP contribution is 2.29. The highest BCUT2D eigenvalue weighted by Gasteiger charge is 2.24. The number of nitrogens with zero attached hydrogens (tertiary/aromatic N) is 1. The molecule has 4 aromatic rings. The zero-order valence-corrected chi connectivity index (χ0v) is 16.3. The van der Waals surface area contributed by atoms with Crippen LogP contribution in [0, 0.1) is 10.1 Å². The standard InChI is InChI=1S/C24H18N2O5/c27-23(17-8-5-9-18(13-17)26(30)31)25-22(24(28)29)14-21-19-10-3-1-6-15(19)12-16-7-2-4-11-20(16)21/h1-13,22H,14H2,(H,25,27)(H,28,29)/t22-/m0/s1. The van der Waals surface area contributed by atoms with Crippen molar-refractivity contribution in [2.75, 3.05) is 0 Å². The Labute approximate surface area is 177 Å². The highest BCUT2D eigenvalue weighted by atomic mass is 16.6. The Hall–Kier alpha value is -4.26. The van der Waals surface area contributed by atoms with E-state index in [4.69, 9.17) is 0 Å². The summed E-state index contributed by atoms with van der Waals surface area (Å²) in [6.07, 6.45) is 0.0673. The molecule has 7 nitrogen and oxygen atoms in total. The van der Waals surface area contributed by atoms with Crippen LogP contribution in [0.4, 0.5) is 5.69 Å². The number of rotatable bonds is 6. The van der Waals surface area contributed by atoms with E-state index in [0.29, 0.717) is 0 Å². The number of hydrogen-bond donors (Lipinski definition) is 2. The van der Waals surface area contributed by atoms with Crippen molar-refractivity contribution in [3.63, 3.8) is 0 Å². The number of nitrogens with one attached hydrogen (secondary N) is 1. The maximum Gasteiger partial charge on any atom is 0.326 e. The summed E-state index contributed by atoms with van der Waals surface area (Å²) in [6.45, 7) is 0. The number of nitro groups is 1. The van der Waals surface area contributed by atoms with Crippen LogP contribution in [-0.4, -0.2) is 27.9 Å². The first-order valence-electron chi connectivity index (χ1n) is 9.61. The number of carbonyl (C=O) groups is 2. The topological polar surface area (TPSA) is 110 Å². The molecule has 0 radical (unpaired) electrons. The predicted molar refractivity (Wildman–Crippen MR) is 117 cm³/mol. The summed E-state index contributed by atoms with van der Waals surface area (Å²) in [6, 6.07) is 21.4. The lowest BCUT2D eigenvalue weighted by Gasteiger charge is -2.18. The number of benzene rings is 4. The molecule has 154 valence electrons. The quantitative estimate of drug-likeness (QED) is 0.277. The van der Waals surface area contributed by atoms with E-state index in [-0.39, 0.29) is 17.7 Å². The predicted octanol–water partition coefficient (Wildman–Crippen LogP) is 4.33. The molecule has 0 aliphatic heterocycles. The number of aliphatic carboxylic acids is 1. The molecule has 31 heavy (non-hydrogen) atoms. The Bertz CT molecular complexity index is 1280. The summed E-state index contributed by atoms with van der Waals surface area (Å²) >= 11 is 0. The van der Waals surface area contributed by atoms with Gasteiger partial charge in [0.2, 0.25) is 0 Å². The third-order valence-electron chi connectivity index (χ3n) is 5.21. The fourth-order valence-corrected chi connectivity index (χ4v) is 3.73. The van der Waals surface area contributed by atoms with Crippen molar-refractivity contribution in [3.05, 3.63) is 100 Å². The maximum absolute atomic E-state index is 12.7. The summed E-state index contributed by atoms with van der Waals surface area (Å²) in [5.74, 6) is -1.86. The minimum Gasteiger partial charge on any atom is -0.480 e. The Kier molecular flexibility index (Phi) is 5.32. The van der Waals surface area contributed by atoms with Crippen molar-refractivity contribution < 1.29 is 19.6 Å². The van der Waals surface area contributed by atoms with Gasteiger partial charge in [-0.2, -0.15) is 0 Å². The average molecular weight is 414 g/mol. The van der Waals surface area contributed by atoms with Gasteiger partial charge in [-0.05, 0) is 39.2 Å². The van der Waals surface area contributed by atoms with Crippen molar-refractivity contribution in [1.29, 1.82) is 0 Å². The van der Waals surface area contributed by atoms with Gasteiger partial charge in [0.05, 0.1) is 4.92 Å². The van der Waals surface area contributed by atoms with Crippen LogP contribution < -0.4 is 5.32 Å². The molecule has 0 spiro atoms. The van der Waals surface area contributed by atoms with Crippen LogP contribution in [0.3, 0.4) is 0 Å². The van der Waals surface area contributed by atoms with Gasteiger partial charge in [0.25, 0.3) is 11.6 Å².